The number of benzene rings is 1. The van der Waals surface area contributed by atoms with Gasteiger partial charge >= 0.3 is 0 Å². The SMILES string of the molecule is CC(C)(C)CC(N)=O.Cc1cccc(F)c1. The third-order valence-corrected chi connectivity index (χ3v) is 1.68. The Morgan fingerprint density at radius 3 is 2.12 bits per heavy atom. The number of nitrogens with two attached hydrogens (primary N) is 1. The minimum atomic E-state index is -0.225. The summed E-state index contributed by atoms with van der Waals surface area (Å²) in [5.74, 6) is -0.387. The molecule has 1 rings (SSSR count). The smallest absolute Gasteiger partial charge is 0.217 e. The molecule has 0 aliphatic heterocycles. The van der Waals surface area contributed by atoms with Gasteiger partial charge in [-0.15, -0.1) is 0 Å². The van der Waals surface area contributed by atoms with Crippen LogP contribution in [-0.4, -0.2) is 5.91 Å². The Bertz CT molecular complexity index is 325. The van der Waals surface area contributed by atoms with Crippen molar-refractivity contribution in [3.63, 3.8) is 0 Å². The lowest BCUT2D eigenvalue weighted by atomic mass is 9.92. The highest BCUT2D eigenvalue weighted by atomic mass is 19.1. The van der Waals surface area contributed by atoms with Crippen LogP contribution in [0.2, 0.25) is 0 Å². The Hall–Kier alpha value is -1.38. The van der Waals surface area contributed by atoms with Crippen molar-refractivity contribution in [2.24, 2.45) is 11.1 Å². The second-order valence-corrected chi connectivity index (χ2v) is 5.00. The summed E-state index contributed by atoms with van der Waals surface area (Å²) in [7, 11) is 0. The molecule has 3 heteroatoms. The zero-order chi connectivity index (χ0) is 12.8. The maximum atomic E-state index is 12.2. The van der Waals surface area contributed by atoms with Crippen LogP contribution in [0, 0.1) is 18.2 Å². The number of halogens is 1. The summed E-state index contributed by atoms with van der Waals surface area (Å²) in [6, 6.07) is 6.50. The van der Waals surface area contributed by atoms with Crippen LogP contribution in [-0.2, 0) is 4.79 Å². The first kappa shape index (κ1) is 14.6. The van der Waals surface area contributed by atoms with Crippen molar-refractivity contribution >= 4 is 5.91 Å². The monoisotopic (exact) mass is 225 g/mol. The molecule has 1 amide bonds. The van der Waals surface area contributed by atoms with Gasteiger partial charge in [-0.25, -0.2) is 4.39 Å². The van der Waals surface area contributed by atoms with E-state index in [0.717, 1.165) is 5.56 Å². The fraction of sp³-hybridized carbons (Fsp3) is 0.462. The molecule has 1 aromatic carbocycles. The van der Waals surface area contributed by atoms with Crippen LogP contribution >= 0.6 is 0 Å². The molecule has 1 aromatic rings. The first-order chi connectivity index (χ1) is 7.20. The summed E-state index contributed by atoms with van der Waals surface area (Å²) in [5, 5.41) is 0. The average Bonchev–Trinajstić information content (AvgIpc) is 1.98. The van der Waals surface area contributed by atoms with Gasteiger partial charge in [0.1, 0.15) is 5.82 Å². The van der Waals surface area contributed by atoms with E-state index in [2.05, 4.69) is 0 Å². The number of rotatable bonds is 1. The molecule has 0 atom stereocenters. The Kier molecular flexibility index (Phi) is 5.72. The molecule has 90 valence electrons. The first-order valence-electron chi connectivity index (χ1n) is 5.21. The molecule has 0 saturated carbocycles. The molecule has 16 heavy (non-hydrogen) atoms. The molecule has 2 nitrogen and oxygen atoms in total. The molecule has 0 heterocycles. The van der Waals surface area contributed by atoms with Gasteiger partial charge in [-0.2, -0.15) is 0 Å². The van der Waals surface area contributed by atoms with E-state index >= 15 is 0 Å². The largest absolute Gasteiger partial charge is 0.370 e. The summed E-state index contributed by atoms with van der Waals surface area (Å²) in [4.78, 5) is 10.2. The molecule has 0 radical (unpaired) electrons. The fourth-order valence-corrected chi connectivity index (χ4v) is 1.13. The third kappa shape index (κ3) is 9.19. The van der Waals surface area contributed by atoms with Crippen molar-refractivity contribution < 1.29 is 9.18 Å². The van der Waals surface area contributed by atoms with Crippen molar-refractivity contribution in [3.05, 3.63) is 35.6 Å². The minimum absolute atomic E-state index is 0.0475. The van der Waals surface area contributed by atoms with Crippen LogP contribution in [0.1, 0.15) is 32.8 Å². The second kappa shape index (κ2) is 6.26. The van der Waals surface area contributed by atoms with E-state index in [1.165, 1.54) is 12.1 Å². The highest BCUT2D eigenvalue weighted by Gasteiger charge is 2.12. The topological polar surface area (TPSA) is 43.1 Å². The Morgan fingerprint density at radius 1 is 1.38 bits per heavy atom. The van der Waals surface area contributed by atoms with Crippen LogP contribution in [0.3, 0.4) is 0 Å². The Labute approximate surface area is 96.7 Å². The molecule has 0 fully saturated rings. The van der Waals surface area contributed by atoms with Crippen LogP contribution in [0.15, 0.2) is 24.3 Å². The predicted molar refractivity (Wildman–Crippen MR) is 64.4 cm³/mol. The molecule has 0 unspecified atom stereocenters. The number of hydrogen-bond donors (Lipinski definition) is 1. The quantitative estimate of drug-likeness (QED) is 0.784. The van der Waals surface area contributed by atoms with Gasteiger partial charge in [0, 0.05) is 6.42 Å². The number of carbonyl (C=O) groups excluding carboxylic acids is 1. The summed E-state index contributed by atoms with van der Waals surface area (Å²) < 4.78 is 12.2. The van der Waals surface area contributed by atoms with E-state index in [4.69, 9.17) is 5.73 Å². The predicted octanol–water partition coefficient (Wildman–Crippen LogP) is 3.04. The van der Waals surface area contributed by atoms with E-state index < -0.39 is 0 Å². The molecular weight excluding hydrogens is 205 g/mol. The second-order valence-electron chi connectivity index (χ2n) is 5.00. The van der Waals surface area contributed by atoms with Gasteiger partial charge in [-0.05, 0) is 30.0 Å². The van der Waals surface area contributed by atoms with E-state index in [9.17, 15) is 9.18 Å². The summed E-state index contributed by atoms with van der Waals surface area (Å²) in [5.41, 5.74) is 5.95. The minimum Gasteiger partial charge on any atom is -0.370 e. The van der Waals surface area contributed by atoms with E-state index in [-0.39, 0.29) is 17.1 Å². The van der Waals surface area contributed by atoms with Gasteiger partial charge in [0.15, 0.2) is 0 Å². The Morgan fingerprint density at radius 2 is 1.94 bits per heavy atom. The summed E-state index contributed by atoms with van der Waals surface area (Å²) in [6.07, 6.45) is 0.465. The van der Waals surface area contributed by atoms with Crippen molar-refractivity contribution in [3.8, 4) is 0 Å². The lowest BCUT2D eigenvalue weighted by Crippen LogP contribution is -2.19. The zero-order valence-electron chi connectivity index (χ0n) is 10.4. The summed E-state index contributed by atoms with van der Waals surface area (Å²) >= 11 is 0. The van der Waals surface area contributed by atoms with Crippen molar-refractivity contribution in [1.82, 2.24) is 0 Å². The van der Waals surface area contributed by atoms with E-state index in [1.807, 2.05) is 33.8 Å². The average molecular weight is 225 g/mol. The van der Waals surface area contributed by atoms with Gasteiger partial charge < -0.3 is 5.73 Å². The Balaban J connectivity index is 0.000000281. The molecule has 0 aliphatic rings. The summed E-state index contributed by atoms with van der Waals surface area (Å²) in [6.45, 7) is 7.82. The molecular formula is C13H20FNO. The number of carbonyl (C=O) groups is 1. The molecule has 2 N–H and O–H groups in total. The van der Waals surface area contributed by atoms with Crippen LogP contribution < -0.4 is 5.73 Å². The van der Waals surface area contributed by atoms with Gasteiger partial charge in [-0.3, -0.25) is 4.79 Å². The molecule has 0 aromatic heterocycles. The number of primary amides is 1. The van der Waals surface area contributed by atoms with Crippen LogP contribution in [0.5, 0.6) is 0 Å². The van der Waals surface area contributed by atoms with E-state index in [0.29, 0.717) is 6.42 Å². The highest BCUT2D eigenvalue weighted by molar-refractivity contribution is 5.74. The highest BCUT2D eigenvalue weighted by Crippen LogP contribution is 2.16. The number of hydrogen-bond acceptors (Lipinski definition) is 1. The maximum absolute atomic E-state index is 12.2. The van der Waals surface area contributed by atoms with Crippen molar-refractivity contribution in [2.75, 3.05) is 0 Å². The number of amides is 1. The van der Waals surface area contributed by atoms with Crippen molar-refractivity contribution in [1.29, 1.82) is 0 Å². The lowest BCUT2D eigenvalue weighted by Gasteiger charge is -2.13. The maximum Gasteiger partial charge on any atom is 0.217 e. The molecule has 0 aliphatic carbocycles. The normalized spacial score (nSPS) is 10.3. The number of aryl methyl sites for hydroxylation is 1. The van der Waals surface area contributed by atoms with Gasteiger partial charge in [-0.1, -0.05) is 32.9 Å². The van der Waals surface area contributed by atoms with E-state index in [1.54, 1.807) is 6.07 Å². The zero-order valence-corrected chi connectivity index (χ0v) is 10.4. The van der Waals surface area contributed by atoms with Crippen LogP contribution in [0.4, 0.5) is 4.39 Å². The molecule has 0 spiro atoms. The van der Waals surface area contributed by atoms with Crippen LogP contribution in [0.25, 0.3) is 0 Å². The lowest BCUT2D eigenvalue weighted by molar-refractivity contribution is -0.119. The van der Waals surface area contributed by atoms with Gasteiger partial charge in [0.05, 0.1) is 0 Å². The first-order valence-corrected chi connectivity index (χ1v) is 5.21. The van der Waals surface area contributed by atoms with Gasteiger partial charge in [0.2, 0.25) is 5.91 Å². The fourth-order valence-electron chi connectivity index (χ4n) is 1.13. The standard InChI is InChI=1S/C7H7F.C6H13NO/c1-6-3-2-4-7(8)5-6;1-6(2,3)4-5(7)8/h2-5H,1H3;4H2,1-3H3,(H2,7,8). The molecule has 0 saturated heterocycles. The molecule has 0 bridgehead atoms. The van der Waals surface area contributed by atoms with Gasteiger partial charge in [0.25, 0.3) is 0 Å². The third-order valence-electron chi connectivity index (χ3n) is 1.68. The van der Waals surface area contributed by atoms with Crippen molar-refractivity contribution in [2.45, 2.75) is 34.1 Å².